The van der Waals surface area contributed by atoms with Crippen molar-refractivity contribution >= 4 is 39.0 Å². The van der Waals surface area contributed by atoms with E-state index in [-0.39, 0.29) is 0 Å². The first-order valence-electron chi connectivity index (χ1n) is 6.67. The zero-order valence-electron chi connectivity index (χ0n) is 10.8. The maximum atomic E-state index is 6.32. The molecule has 3 heteroatoms. The lowest BCUT2D eigenvalue weighted by atomic mass is 10.1. The van der Waals surface area contributed by atoms with Crippen molar-refractivity contribution in [2.24, 2.45) is 0 Å². The molecule has 1 heterocycles. The summed E-state index contributed by atoms with van der Waals surface area (Å²) in [7, 11) is 0. The van der Waals surface area contributed by atoms with Crippen LogP contribution in [0, 0.1) is 0 Å². The van der Waals surface area contributed by atoms with Crippen LogP contribution in [0.5, 0.6) is 0 Å². The summed E-state index contributed by atoms with van der Waals surface area (Å²) >= 11 is 6.32. The van der Waals surface area contributed by atoms with Crippen molar-refractivity contribution in [3.8, 4) is 0 Å². The summed E-state index contributed by atoms with van der Waals surface area (Å²) in [4.78, 5) is 4.67. The normalized spacial score (nSPS) is 14.9. The first-order valence-corrected chi connectivity index (χ1v) is 7.04. The molecule has 98 valence electrons. The molecule has 0 unspecified atom stereocenters. The van der Waals surface area contributed by atoms with Crippen LogP contribution in [-0.4, -0.2) is 4.98 Å². The van der Waals surface area contributed by atoms with E-state index in [1.807, 2.05) is 30.3 Å². The zero-order valence-corrected chi connectivity index (χ0v) is 11.5. The predicted octanol–water partition coefficient (Wildman–Crippen LogP) is 5.37. The molecule has 1 aliphatic carbocycles. The first-order chi connectivity index (χ1) is 9.83. The number of aromatic nitrogens is 1. The highest BCUT2D eigenvalue weighted by Crippen LogP contribution is 2.34. The van der Waals surface area contributed by atoms with E-state index < -0.39 is 0 Å². The standard InChI is InChI=1S/C17H12ClNO/c18-14-10-12-8-4-5-9-13(12)15-16(14)20-17(19-15)11-6-2-1-3-7-11/h1-2,4-6,8-10H,3,7H2. The van der Waals surface area contributed by atoms with E-state index in [1.54, 1.807) is 0 Å². The molecule has 0 bridgehead atoms. The molecule has 0 saturated carbocycles. The van der Waals surface area contributed by atoms with E-state index in [9.17, 15) is 0 Å². The number of benzene rings is 2. The van der Waals surface area contributed by atoms with E-state index in [0.717, 1.165) is 34.7 Å². The van der Waals surface area contributed by atoms with Crippen molar-refractivity contribution in [3.63, 3.8) is 0 Å². The molecular weight excluding hydrogens is 270 g/mol. The van der Waals surface area contributed by atoms with Crippen LogP contribution in [0.4, 0.5) is 0 Å². The number of hydrogen-bond acceptors (Lipinski definition) is 2. The Balaban J connectivity index is 2.03. The van der Waals surface area contributed by atoms with E-state index in [4.69, 9.17) is 16.0 Å². The number of allylic oxidation sites excluding steroid dienone is 4. The van der Waals surface area contributed by atoms with Crippen LogP contribution in [-0.2, 0) is 0 Å². The number of halogens is 1. The van der Waals surface area contributed by atoms with Gasteiger partial charge in [0.25, 0.3) is 0 Å². The van der Waals surface area contributed by atoms with Gasteiger partial charge in [-0.1, -0.05) is 54.1 Å². The Morgan fingerprint density at radius 2 is 2.10 bits per heavy atom. The third kappa shape index (κ3) is 1.76. The Morgan fingerprint density at radius 3 is 2.95 bits per heavy atom. The SMILES string of the molecule is Clc1cc2ccccc2c2nc(C3=CC=CCC3)oc12. The van der Waals surface area contributed by atoms with Crippen molar-refractivity contribution in [3.05, 3.63) is 59.5 Å². The predicted molar refractivity (Wildman–Crippen MR) is 82.9 cm³/mol. The fraction of sp³-hybridized carbons (Fsp3) is 0.118. The van der Waals surface area contributed by atoms with Crippen LogP contribution in [0.2, 0.25) is 5.02 Å². The van der Waals surface area contributed by atoms with Crippen LogP contribution in [0.25, 0.3) is 27.4 Å². The van der Waals surface area contributed by atoms with Gasteiger partial charge in [0.2, 0.25) is 5.89 Å². The molecule has 1 aliphatic rings. The van der Waals surface area contributed by atoms with Gasteiger partial charge in [-0.3, -0.25) is 0 Å². The fourth-order valence-electron chi connectivity index (χ4n) is 2.62. The zero-order chi connectivity index (χ0) is 13.5. The summed E-state index contributed by atoms with van der Waals surface area (Å²) in [6, 6.07) is 10.0. The van der Waals surface area contributed by atoms with E-state index >= 15 is 0 Å². The van der Waals surface area contributed by atoms with E-state index in [2.05, 4.69) is 23.2 Å². The molecule has 4 rings (SSSR count). The number of rotatable bonds is 1. The van der Waals surface area contributed by atoms with Crippen LogP contribution in [0.15, 0.2) is 53.0 Å². The molecule has 0 aliphatic heterocycles. The Kier molecular flexibility index (Phi) is 2.64. The lowest BCUT2D eigenvalue weighted by molar-refractivity contribution is 0.580. The maximum absolute atomic E-state index is 6.32. The van der Waals surface area contributed by atoms with Gasteiger partial charge in [0, 0.05) is 11.0 Å². The minimum Gasteiger partial charge on any atom is -0.435 e. The Morgan fingerprint density at radius 1 is 1.20 bits per heavy atom. The summed E-state index contributed by atoms with van der Waals surface area (Å²) in [5, 5.41) is 2.78. The van der Waals surface area contributed by atoms with Gasteiger partial charge in [0.05, 0.1) is 5.02 Å². The summed E-state index contributed by atoms with van der Waals surface area (Å²) in [6.45, 7) is 0. The summed E-state index contributed by atoms with van der Waals surface area (Å²) in [5.74, 6) is 0.683. The van der Waals surface area contributed by atoms with Crippen LogP contribution >= 0.6 is 11.6 Å². The van der Waals surface area contributed by atoms with Crippen molar-refractivity contribution < 1.29 is 4.42 Å². The molecular formula is C17H12ClNO. The van der Waals surface area contributed by atoms with E-state index in [1.165, 1.54) is 0 Å². The third-order valence-electron chi connectivity index (χ3n) is 3.63. The van der Waals surface area contributed by atoms with E-state index in [0.29, 0.717) is 16.5 Å². The van der Waals surface area contributed by atoms with Crippen molar-refractivity contribution in [1.82, 2.24) is 4.98 Å². The minimum absolute atomic E-state index is 0.615. The highest BCUT2D eigenvalue weighted by atomic mass is 35.5. The number of fused-ring (bicyclic) bond motifs is 3. The smallest absolute Gasteiger partial charge is 0.223 e. The van der Waals surface area contributed by atoms with Crippen LogP contribution in [0.1, 0.15) is 18.7 Å². The lowest BCUT2D eigenvalue weighted by Gasteiger charge is -2.03. The van der Waals surface area contributed by atoms with Gasteiger partial charge < -0.3 is 4.42 Å². The number of hydrogen-bond donors (Lipinski definition) is 0. The Bertz CT molecular complexity index is 873. The first kappa shape index (κ1) is 11.7. The molecule has 1 aromatic heterocycles. The summed E-state index contributed by atoms with van der Waals surface area (Å²) in [5.41, 5.74) is 2.65. The van der Waals surface area contributed by atoms with Gasteiger partial charge in [0.15, 0.2) is 5.58 Å². The third-order valence-corrected chi connectivity index (χ3v) is 3.91. The second-order valence-corrected chi connectivity index (χ2v) is 5.34. The summed E-state index contributed by atoms with van der Waals surface area (Å²) < 4.78 is 5.90. The molecule has 0 atom stereocenters. The highest BCUT2D eigenvalue weighted by molar-refractivity contribution is 6.36. The molecule has 0 fully saturated rings. The molecule has 3 aromatic rings. The van der Waals surface area contributed by atoms with Gasteiger partial charge in [-0.05, 0) is 24.3 Å². The molecule has 0 amide bonds. The monoisotopic (exact) mass is 281 g/mol. The molecule has 0 spiro atoms. The van der Waals surface area contributed by atoms with Gasteiger partial charge in [-0.15, -0.1) is 0 Å². The molecule has 2 nitrogen and oxygen atoms in total. The van der Waals surface area contributed by atoms with Crippen molar-refractivity contribution in [2.45, 2.75) is 12.8 Å². The highest BCUT2D eigenvalue weighted by Gasteiger charge is 2.16. The molecule has 0 saturated heterocycles. The minimum atomic E-state index is 0.615. The van der Waals surface area contributed by atoms with Gasteiger partial charge in [-0.2, -0.15) is 0 Å². The van der Waals surface area contributed by atoms with Gasteiger partial charge >= 0.3 is 0 Å². The maximum Gasteiger partial charge on any atom is 0.223 e. The van der Waals surface area contributed by atoms with Crippen LogP contribution < -0.4 is 0 Å². The van der Waals surface area contributed by atoms with Gasteiger partial charge in [0.1, 0.15) is 5.52 Å². The van der Waals surface area contributed by atoms with Crippen LogP contribution in [0.3, 0.4) is 0 Å². The second-order valence-electron chi connectivity index (χ2n) is 4.94. The number of oxazole rings is 1. The fourth-order valence-corrected chi connectivity index (χ4v) is 2.87. The molecule has 20 heavy (non-hydrogen) atoms. The molecule has 2 aromatic carbocycles. The second kappa shape index (κ2) is 4.50. The lowest BCUT2D eigenvalue weighted by Crippen LogP contribution is -1.87. The largest absolute Gasteiger partial charge is 0.435 e. The molecule has 0 N–H and O–H groups in total. The average molecular weight is 282 g/mol. The number of nitrogens with zero attached hydrogens (tertiary/aromatic N) is 1. The average Bonchev–Trinajstić information content (AvgIpc) is 2.94. The Labute approximate surface area is 121 Å². The van der Waals surface area contributed by atoms with Crippen molar-refractivity contribution in [1.29, 1.82) is 0 Å². The summed E-state index contributed by atoms with van der Waals surface area (Å²) in [6.07, 6.45) is 8.24. The van der Waals surface area contributed by atoms with Crippen molar-refractivity contribution in [2.75, 3.05) is 0 Å². The quantitative estimate of drug-likeness (QED) is 0.599. The topological polar surface area (TPSA) is 26.0 Å². The molecule has 0 radical (unpaired) electrons. The Hall–Kier alpha value is -2.06. The van der Waals surface area contributed by atoms with Gasteiger partial charge in [-0.25, -0.2) is 4.98 Å².